The van der Waals surface area contributed by atoms with Gasteiger partial charge in [0.15, 0.2) is 0 Å². The molecular weight excluding hydrogens is 482 g/mol. The predicted molar refractivity (Wildman–Crippen MR) is 159 cm³/mol. The topological polar surface area (TPSA) is 47.4 Å². The number of hydrogen-bond donors (Lipinski definition) is 0. The van der Waals surface area contributed by atoms with Crippen molar-refractivity contribution < 1.29 is 9.53 Å². The van der Waals surface area contributed by atoms with Crippen LogP contribution in [0.1, 0.15) is 55.3 Å². The second-order valence-corrected chi connectivity index (χ2v) is 11.9. The smallest absolute Gasteiger partial charge is 0.143 e. The summed E-state index contributed by atoms with van der Waals surface area (Å²) in [6.07, 6.45) is 2.93. The van der Waals surface area contributed by atoms with Gasteiger partial charge in [0, 0.05) is 31.3 Å². The van der Waals surface area contributed by atoms with Crippen LogP contribution in [-0.4, -0.2) is 53.3 Å². The molecule has 0 radical (unpaired) electrons. The molecule has 1 fully saturated rings. The van der Waals surface area contributed by atoms with Gasteiger partial charge in [0.05, 0.1) is 30.3 Å². The molecule has 0 atom stereocenters. The third-order valence-electron chi connectivity index (χ3n) is 7.72. The zero-order chi connectivity index (χ0) is 27.4. The summed E-state index contributed by atoms with van der Waals surface area (Å²) in [5.74, 6) is 0.203. The zero-order valence-corrected chi connectivity index (χ0v) is 23.9. The number of hydrogen-bond acceptors (Lipinski definition) is 4. The van der Waals surface area contributed by atoms with E-state index in [1.165, 1.54) is 21.9 Å². The van der Waals surface area contributed by atoms with Gasteiger partial charge < -0.3 is 4.74 Å². The summed E-state index contributed by atoms with van der Waals surface area (Å²) in [6.45, 7) is 13.4. The molecule has 4 aromatic rings. The zero-order valence-electron chi connectivity index (χ0n) is 23.9. The number of aromatic nitrogens is 2. The van der Waals surface area contributed by atoms with Crippen molar-refractivity contribution in [3.8, 4) is 5.69 Å². The first kappa shape index (κ1) is 27.3. The molecule has 0 bridgehead atoms. The molecule has 5 rings (SSSR count). The minimum absolute atomic E-state index is 0.0957. The van der Waals surface area contributed by atoms with Crippen LogP contribution < -0.4 is 0 Å². The first-order chi connectivity index (χ1) is 18.8. The van der Waals surface area contributed by atoms with E-state index < -0.39 is 0 Å². The highest BCUT2D eigenvalue weighted by Crippen LogP contribution is 2.27. The normalized spacial score (nSPS) is 14.7. The number of nitrogens with zero attached hydrogens (tertiary/aromatic N) is 3. The van der Waals surface area contributed by atoms with E-state index in [1.54, 1.807) is 0 Å². The number of morpholine rings is 1. The maximum absolute atomic E-state index is 13.5. The predicted octanol–water partition coefficient (Wildman–Crippen LogP) is 6.25. The fourth-order valence-electron chi connectivity index (χ4n) is 5.41. The Balaban J connectivity index is 1.33. The van der Waals surface area contributed by atoms with E-state index in [-0.39, 0.29) is 11.2 Å². The number of carbonyl (C=O) groups excluding carboxylic acids is 1. The molecule has 0 unspecified atom stereocenters. The molecule has 39 heavy (non-hydrogen) atoms. The van der Waals surface area contributed by atoms with E-state index in [2.05, 4.69) is 99.3 Å². The lowest BCUT2D eigenvalue weighted by molar-refractivity contribution is -0.117. The Morgan fingerprint density at radius 1 is 0.897 bits per heavy atom. The highest BCUT2D eigenvalue weighted by atomic mass is 16.5. The first-order valence-electron chi connectivity index (χ1n) is 14.3. The fourth-order valence-corrected chi connectivity index (χ4v) is 5.41. The summed E-state index contributed by atoms with van der Waals surface area (Å²) in [5.41, 5.74) is 6.51. The van der Waals surface area contributed by atoms with Crippen LogP contribution in [0.3, 0.4) is 0 Å². The maximum atomic E-state index is 13.5. The average molecular weight is 524 g/mol. The van der Waals surface area contributed by atoms with Crippen LogP contribution in [-0.2, 0) is 34.2 Å². The molecule has 204 valence electrons. The molecule has 0 amide bonds. The molecule has 0 spiro atoms. The molecule has 1 aliphatic rings. The summed E-state index contributed by atoms with van der Waals surface area (Å²) >= 11 is 0. The van der Waals surface area contributed by atoms with Crippen molar-refractivity contribution in [3.63, 3.8) is 0 Å². The summed E-state index contributed by atoms with van der Waals surface area (Å²) in [6, 6.07) is 23.4. The monoisotopic (exact) mass is 523 g/mol. The van der Waals surface area contributed by atoms with Crippen molar-refractivity contribution in [2.24, 2.45) is 0 Å². The summed E-state index contributed by atoms with van der Waals surface area (Å²) in [5, 5.41) is 7.38. The lowest BCUT2D eigenvalue weighted by Crippen LogP contribution is -2.36. The number of carbonyl (C=O) groups is 1. The Morgan fingerprint density at radius 3 is 2.26 bits per heavy atom. The van der Waals surface area contributed by atoms with Crippen LogP contribution in [0.4, 0.5) is 0 Å². The molecule has 1 aromatic heterocycles. The standard InChI is InChI=1S/C34H41N3O2/c1-25-11-15-28(16-12-25)37-29(24-33(35-37)34(2,3)4)23-30(38)22-27-14-13-26(31-9-5-6-10-32(27)31)8-7-17-36-18-20-39-21-19-36/h5-6,9-16,24H,7-8,17-23H2,1-4H3. The van der Waals surface area contributed by atoms with Gasteiger partial charge in [-0.15, -0.1) is 0 Å². The SMILES string of the molecule is Cc1ccc(-n2nc(C(C)(C)C)cc2CC(=O)Cc2ccc(CCCN3CCOCC3)c3ccccc23)cc1. The van der Waals surface area contributed by atoms with Crippen LogP contribution in [0.2, 0.25) is 0 Å². The molecule has 1 aliphatic heterocycles. The number of ether oxygens (including phenoxy) is 1. The van der Waals surface area contributed by atoms with Crippen molar-refractivity contribution in [2.75, 3.05) is 32.8 Å². The molecule has 0 N–H and O–H groups in total. The van der Waals surface area contributed by atoms with E-state index in [1.807, 2.05) is 4.68 Å². The van der Waals surface area contributed by atoms with E-state index in [4.69, 9.17) is 9.84 Å². The van der Waals surface area contributed by atoms with Crippen molar-refractivity contribution in [1.29, 1.82) is 0 Å². The third kappa shape index (κ3) is 6.66. The molecular formula is C34H41N3O2. The number of benzene rings is 3. The van der Waals surface area contributed by atoms with Crippen LogP contribution in [0, 0.1) is 6.92 Å². The molecule has 3 aromatic carbocycles. The van der Waals surface area contributed by atoms with Gasteiger partial charge in [0.2, 0.25) is 0 Å². The van der Waals surface area contributed by atoms with E-state index in [9.17, 15) is 4.79 Å². The highest BCUT2D eigenvalue weighted by Gasteiger charge is 2.22. The molecule has 0 saturated carbocycles. The van der Waals surface area contributed by atoms with Gasteiger partial charge in [-0.25, -0.2) is 4.68 Å². The Bertz CT molecular complexity index is 1420. The second-order valence-electron chi connectivity index (χ2n) is 11.9. The lowest BCUT2D eigenvalue weighted by atomic mass is 9.91. The Hall–Kier alpha value is -3.28. The number of rotatable bonds is 9. The molecule has 5 nitrogen and oxygen atoms in total. The lowest BCUT2D eigenvalue weighted by Gasteiger charge is -2.26. The minimum atomic E-state index is -0.0957. The minimum Gasteiger partial charge on any atom is -0.379 e. The van der Waals surface area contributed by atoms with E-state index in [0.717, 1.165) is 68.3 Å². The van der Waals surface area contributed by atoms with Gasteiger partial charge >= 0.3 is 0 Å². The Labute approximate surface area is 232 Å². The van der Waals surface area contributed by atoms with E-state index >= 15 is 0 Å². The quantitative estimate of drug-likeness (QED) is 0.260. The third-order valence-corrected chi connectivity index (χ3v) is 7.72. The Morgan fingerprint density at radius 2 is 1.56 bits per heavy atom. The molecule has 2 heterocycles. The molecule has 1 saturated heterocycles. The number of ketones is 1. The maximum Gasteiger partial charge on any atom is 0.143 e. The Kier molecular flexibility index (Phi) is 8.29. The van der Waals surface area contributed by atoms with Crippen molar-refractivity contribution in [1.82, 2.24) is 14.7 Å². The van der Waals surface area contributed by atoms with Crippen LogP contribution in [0.25, 0.3) is 16.5 Å². The van der Waals surface area contributed by atoms with Gasteiger partial charge in [-0.1, -0.05) is 74.9 Å². The largest absolute Gasteiger partial charge is 0.379 e. The van der Waals surface area contributed by atoms with Gasteiger partial charge in [-0.2, -0.15) is 5.10 Å². The second kappa shape index (κ2) is 11.8. The van der Waals surface area contributed by atoms with Crippen molar-refractivity contribution in [3.05, 3.63) is 94.8 Å². The van der Waals surface area contributed by atoms with Gasteiger partial charge in [0.25, 0.3) is 0 Å². The van der Waals surface area contributed by atoms with Gasteiger partial charge in [-0.05, 0) is 66.4 Å². The number of fused-ring (bicyclic) bond motifs is 1. The van der Waals surface area contributed by atoms with Gasteiger partial charge in [-0.3, -0.25) is 9.69 Å². The molecule has 5 heteroatoms. The number of Topliss-reactive ketones (excluding diaryl/α,β-unsaturated/α-hetero) is 1. The summed E-state index contributed by atoms with van der Waals surface area (Å²) in [7, 11) is 0. The van der Waals surface area contributed by atoms with Crippen LogP contribution >= 0.6 is 0 Å². The van der Waals surface area contributed by atoms with Crippen molar-refractivity contribution >= 4 is 16.6 Å². The average Bonchev–Trinajstić information content (AvgIpc) is 3.35. The van der Waals surface area contributed by atoms with E-state index in [0.29, 0.717) is 12.8 Å². The van der Waals surface area contributed by atoms with Crippen LogP contribution in [0.15, 0.2) is 66.7 Å². The fraction of sp³-hybridized carbons (Fsp3) is 0.412. The molecule has 0 aliphatic carbocycles. The summed E-state index contributed by atoms with van der Waals surface area (Å²) < 4.78 is 7.43. The van der Waals surface area contributed by atoms with Gasteiger partial charge in [0.1, 0.15) is 5.78 Å². The van der Waals surface area contributed by atoms with Crippen LogP contribution in [0.5, 0.6) is 0 Å². The highest BCUT2D eigenvalue weighted by molar-refractivity contribution is 5.93. The number of aryl methyl sites for hydroxylation is 2. The first-order valence-corrected chi connectivity index (χ1v) is 14.3. The van der Waals surface area contributed by atoms with Crippen molar-refractivity contribution in [2.45, 2.75) is 58.8 Å². The summed E-state index contributed by atoms with van der Waals surface area (Å²) in [4.78, 5) is 16.0.